The Bertz CT molecular complexity index is 462. The Morgan fingerprint density at radius 1 is 1.14 bits per heavy atom. The van der Waals surface area contributed by atoms with Gasteiger partial charge in [0, 0.05) is 16.5 Å². The van der Waals surface area contributed by atoms with Crippen LogP contribution in [0, 0.1) is 19.1 Å². The molecule has 3 heteroatoms. The molecule has 0 bridgehead atoms. The normalized spacial score (nSPS) is 10.4. The third-order valence-corrected chi connectivity index (χ3v) is 3.08. The molecule has 2 rings (SSSR count). The van der Waals surface area contributed by atoms with Crippen molar-refractivity contribution in [2.24, 2.45) is 0 Å². The molecule has 72 valence electrons. The van der Waals surface area contributed by atoms with Crippen LogP contribution in [0.25, 0.3) is 10.6 Å². The predicted octanol–water partition coefficient (Wildman–Crippen LogP) is 2.67. The summed E-state index contributed by atoms with van der Waals surface area (Å²) in [7, 11) is 0. The Labute approximate surface area is 87.0 Å². The van der Waals surface area contributed by atoms with Gasteiger partial charge in [-0.2, -0.15) is 4.73 Å². The quantitative estimate of drug-likeness (QED) is 0.519. The molecular formula is C11H11NOS. The second-order valence-corrected chi connectivity index (χ2v) is 4.62. The van der Waals surface area contributed by atoms with Gasteiger partial charge in [-0.3, -0.25) is 0 Å². The summed E-state index contributed by atoms with van der Waals surface area (Å²) in [6, 6.07) is 7.84. The van der Waals surface area contributed by atoms with Crippen LogP contribution < -0.4 is 4.73 Å². The maximum absolute atomic E-state index is 11.6. The van der Waals surface area contributed by atoms with E-state index in [4.69, 9.17) is 0 Å². The van der Waals surface area contributed by atoms with Crippen LogP contribution in [0.3, 0.4) is 0 Å². The van der Waals surface area contributed by atoms with Crippen LogP contribution in [-0.2, 0) is 0 Å². The summed E-state index contributed by atoms with van der Waals surface area (Å²) in [5, 5.41) is 11.6. The molecule has 2 nitrogen and oxygen atoms in total. The Kier molecular flexibility index (Phi) is 2.25. The molecule has 0 aliphatic carbocycles. The SMILES string of the molecule is Cc1ccc(-c2ccc(C)s2)[n+]([O-])c1. The van der Waals surface area contributed by atoms with E-state index in [0.717, 1.165) is 20.9 Å². The maximum Gasteiger partial charge on any atom is 0.233 e. The number of hydrogen-bond donors (Lipinski definition) is 0. The molecule has 0 N–H and O–H groups in total. The fourth-order valence-corrected chi connectivity index (χ4v) is 2.23. The summed E-state index contributed by atoms with van der Waals surface area (Å²) < 4.78 is 0.931. The number of aromatic nitrogens is 1. The highest BCUT2D eigenvalue weighted by Gasteiger charge is 2.09. The van der Waals surface area contributed by atoms with E-state index in [9.17, 15) is 5.21 Å². The molecule has 0 fully saturated rings. The molecule has 0 aliphatic heterocycles. The van der Waals surface area contributed by atoms with E-state index < -0.39 is 0 Å². The van der Waals surface area contributed by atoms with Crippen LogP contribution in [0.4, 0.5) is 0 Å². The van der Waals surface area contributed by atoms with Gasteiger partial charge in [0.25, 0.3) is 0 Å². The first kappa shape index (κ1) is 9.21. The lowest BCUT2D eigenvalue weighted by Gasteiger charge is -2.02. The predicted molar refractivity (Wildman–Crippen MR) is 58.2 cm³/mol. The number of hydrogen-bond acceptors (Lipinski definition) is 2. The van der Waals surface area contributed by atoms with Gasteiger partial charge in [0.05, 0.1) is 0 Å². The highest BCUT2D eigenvalue weighted by Crippen LogP contribution is 2.24. The summed E-state index contributed by atoms with van der Waals surface area (Å²) in [4.78, 5) is 2.25. The van der Waals surface area contributed by atoms with E-state index in [0.29, 0.717) is 0 Å². The van der Waals surface area contributed by atoms with Crippen molar-refractivity contribution in [1.29, 1.82) is 0 Å². The first-order chi connectivity index (χ1) is 6.66. The molecule has 2 aromatic heterocycles. The monoisotopic (exact) mass is 205 g/mol. The lowest BCUT2D eigenvalue weighted by molar-refractivity contribution is -0.593. The van der Waals surface area contributed by atoms with Gasteiger partial charge in [-0.05, 0) is 32.0 Å². The average molecular weight is 205 g/mol. The molecule has 0 unspecified atom stereocenters. The number of thiophene rings is 1. The van der Waals surface area contributed by atoms with Crippen LogP contribution in [0.15, 0.2) is 30.5 Å². The van der Waals surface area contributed by atoms with E-state index in [2.05, 4.69) is 0 Å². The molecule has 0 saturated heterocycles. The molecule has 0 radical (unpaired) electrons. The summed E-state index contributed by atoms with van der Waals surface area (Å²) in [6.45, 7) is 3.95. The van der Waals surface area contributed by atoms with Crippen LogP contribution in [0.2, 0.25) is 0 Å². The lowest BCUT2D eigenvalue weighted by Crippen LogP contribution is -2.28. The zero-order valence-corrected chi connectivity index (χ0v) is 8.97. The number of pyridine rings is 1. The van der Waals surface area contributed by atoms with Crippen LogP contribution >= 0.6 is 11.3 Å². The second-order valence-electron chi connectivity index (χ2n) is 3.33. The molecular weight excluding hydrogens is 194 g/mol. The smallest absolute Gasteiger partial charge is 0.233 e. The van der Waals surface area contributed by atoms with E-state index in [1.807, 2.05) is 38.1 Å². The minimum absolute atomic E-state index is 0.730. The Morgan fingerprint density at radius 2 is 1.93 bits per heavy atom. The van der Waals surface area contributed by atoms with Crippen LogP contribution in [0.1, 0.15) is 10.4 Å². The van der Waals surface area contributed by atoms with Crippen molar-refractivity contribution < 1.29 is 4.73 Å². The van der Waals surface area contributed by atoms with E-state index >= 15 is 0 Å². The van der Waals surface area contributed by atoms with Crippen molar-refractivity contribution >= 4 is 11.3 Å². The summed E-state index contributed by atoms with van der Waals surface area (Å²) in [5.41, 5.74) is 1.71. The highest BCUT2D eigenvalue weighted by molar-refractivity contribution is 7.15. The molecule has 2 aromatic rings. The van der Waals surface area contributed by atoms with Crippen molar-refractivity contribution in [2.45, 2.75) is 13.8 Å². The maximum atomic E-state index is 11.6. The highest BCUT2D eigenvalue weighted by atomic mass is 32.1. The van der Waals surface area contributed by atoms with E-state index in [1.54, 1.807) is 17.5 Å². The molecule has 0 amide bonds. The van der Waals surface area contributed by atoms with Gasteiger partial charge < -0.3 is 5.21 Å². The minimum Gasteiger partial charge on any atom is -0.618 e. The van der Waals surface area contributed by atoms with Crippen LogP contribution in [0.5, 0.6) is 0 Å². The zero-order chi connectivity index (χ0) is 10.1. The standard InChI is InChI=1S/C11H11NOS/c1-8-3-5-10(12(13)7-8)11-6-4-9(2)14-11/h3-7H,1-2H3. The Balaban J connectivity index is 2.52. The Morgan fingerprint density at radius 3 is 2.50 bits per heavy atom. The van der Waals surface area contributed by atoms with Crippen molar-refractivity contribution in [2.75, 3.05) is 0 Å². The number of aryl methyl sites for hydroxylation is 2. The van der Waals surface area contributed by atoms with Crippen LogP contribution in [-0.4, -0.2) is 0 Å². The largest absolute Gasteiger partial charge is 0.618 e. The van der Waals surface area contributed by atoms with E-state index in [1.165, 1.54) is 4.88 Å². The van der Waals surface area contributed by atoms with Gasteiger partial charge in [0.1, 0.15) is 4.88 Å². The van der Waals surface area contributed by atoms with Crippen molar-refractivity contribution in [1.82, 2.24) is 0 Å². The zero-order valence-electron chi connectivity index (χ0n) is 8.15. The first-order valence-corrected chi connectivity index (χ1v) is 5.25. The summed E-state index contributed by atoms with van der Waals surface area (Å²) in [6.07, 6.45) is 1.60. The fraction of sp³-hybridized carbons (Fsp3) is 0.182. The molecule has 0 aliphatic rings. The van der Waals surface area contributed by atoms with Gasteiger partial charge in [0.15, 0.2) is 6.20 Å². The minimum atomic E-state index is 0.730. The van der Waals surface area contributed by atoms with Gasteiger partial charge in [-0.1, -0.05) is 0 Å². The van der Waals surface area contributed by atoms with Crippen molar-refractivity contribution in [3.63, 3.8) is 0 Å². The summed E-state index contributed by atoms with van der Waals surface area (Å²) in [5.74, 6) is 0. The molecule has 0 saturated carbocycles. The van der Waals surface area contributed by atoms with Gasteiger partial charge in [0.2, 0.25) is 5.69 Å². The van der Waals surface area contributed by atoms with Crippen molar-refractivity contribution in [3.8, 4) is 10.6 Å². The third kappa shape index (κ3) is 1.63. The average Bonchev–Trinajstić information content (AvgIpc) is 2.51. The second kappa shape index (κ2) is 3.42. The molecule has 2 heterocycles. The molecule has 0 aromatic carbocycles. The first-order valence-electron chi connectivity index (χ1n) is 4.43. The van der Waals surface area contributed by atoms with Crippen molar-refractivity contribution in [3.05, 3.63) is 46.1 Å². The van der Waals surface area contributed by atoms with Gasteiger partial charge >= 0.3 is 0 Å². The Hall–Kier alpha value is -1.35. The summed E-state index contributed by atoms with van der Waals surface area (Å²) >= 11 is 1.64. The fourth-order valence-electron chi connectivity index (χ4n) is 1.34. The molecule has 0 atom stereocenters. The number of nitrogens with zero attached hydrogens (tertiary/aromatic N) is 1. The number of rotatable bonds is 1. The molecule has 0 spiro atoms. The van der Waals surface area contributed by atoms with Gasteiger partial charge in [-0.15, -0.1) is 11.3 Å². The third-order valence-electron chi connectivity index (χ3n) is 2.06. The molecule has 14 heavy (non-hydrogen) atoms. The van der Waals surface area contributed by atoms with E-state index in [-0.39, 0.29) is 0 Å². The topological polar surface area (TPSA) is 26.9 Å². The lowest BCUT2D eigenvalue weighted by atomic mass is 10.2. The van der Waals surface area contributed by atoms with Gasteiger partial charge in [-0.25, -0.2) is 0 Å².